The van der Waals surface area contributed by atoms with Crippen LogP contribution < -0.4 is 19.9 Å². The molecule has 2 aromatic rings. The van der Waals surface area contributed by atoms with Gasteiger partial charge in [-0.15, -0.1) is 0 Å². The van der Waals surface area contributed by atoms with Gasteiger partial charge in [0.15, 0.2) is 0 Å². The Hall–Kier alpha value is -3.07. The maximum absolute atomic E-state index is 12.7. The number of amides is 2. The Labute approximate surface area is 183 Å². The Bertz CT molecular complexity index is 906. The highest BCUT2D eigenvalue weighted by molar-refractivity contribution is 5.91. The molecule has 2 fully saturated rings. The van der Waals surface area contributed by atoms with Crippen molar-refractivity contribution in [3.05, 3.63) is 36.0 Å². The van der Waals surface area contributed by atoms with Crippen molar-refractivity contribution in [2.45, 2.75) is 6.92 Å². The molecule has 31 heavy (non-hydrogen) atoms. The molecule has 166 valence electrons. The molecule has 1 N–H and O–H groups in total. The molecule has 0 saturated carbocycles. The second-order valence-corrected chi connectivity index (χ2v) is 8.06. The minimum atomic E-state index is -0.118. The van der Waals surface area contributed by atoms with Crippen LogP contribution in [0.4, 0.5) is 22.2 Å². The van der Waals surface area contributed by atoms with E-state index in [-0.39, 0.29) is 6.03 Å². The van der Waals surface area contributed by atoms with Crippen LogP contribution in [0.3, 0.4) is 0 Å². The molecule has 3 heterocycles. The van der Waals surface area contributed by atoms with Crippen LogP contribution in [0.1, 0.15) is 5.69 Å². The van der Waals surface area contributed by atoms with E-state index in [0.717, 1.165) is 43.6 Å². The largest absolute Gasteiger partial charge is 0.495 e. The third kappa shape index (κ3) is 4.99. The van der Waals surface area contributed by atoms with E-state index in [4.69, 9.17) is 9.72 Å². The van der Waals surface area contributed by atoms with Gasteiger partial charge in [-0.2, -0.15) is 4.98 Å². The molecule has 0 spiro atoms. The van der Waals surface area contributed by atoms with Crippen molar-refractivity contribution in [1.29, 1.82) is 0 Å². The highest BCUT2D eigenvalue weighted by Crippen LogP contribution is 2.24. The number of likely N-dealkylation sites (N-methyl/N-ethyl adjacent to an activating group) is 1. The number of hydrogen-bond acceptors (Lipinski definition) is 7. The third-order valence-corrected chi connectivity index (χ3v) is 5.85. The van der Waals surface area contributed by atoms with E-state index in [0.29, 0.717) is 37.6 Å². The predicted octanol–water partition coefficient (Wildman–Crippen LogP) is 1.90. The molecule has 0 bridgehead atoms. The maximum Gasteiger partial charge on any atom is 0.322 e. The van der Waals surface area contributed by atoms with Gasteiger partial charge in [0.2, 0.25) is 5.95 Å². The fourth-order valence-electron chi connectivity index (χ4n) is 3.93. The number of para-hydroxylation sites is 2. The molecule has 0 atom stereocenters. The number of carbonyl (C=O) groups is 1. The molecule has 0 aliphatic carbocycles. The first kappa shape index (κ1) is 21.2. The zero-order chi connectivity index (χ0) is 21.8. The molecule has 2 aliphatic heterocycles. The van der Waals surface area contributed by atoms with Crippen molar-refractivity contribution < 1.29 is 9.53 Å². The van der Waals surface area contributed by atoms with Crippen LogP contribution in [0, 0.1) is 6.92 Å². The number of aryl methyl sites for hydroxylation is 1. The molecular formula is C22H31N7O2. The Balaban J connectivity index is 1.38. The van der Waals surface area contributed by atoms with Crippen molar-refractivity contribution in [1.82, 2.24) is 19.8 Å². The zero-order valence-corrected chi connectivity index (χ0v) is 18.5. The number of benzene rings is 1. The Morgan fingerprint density at radius 3 is 2.35 bits per heavy atom. The number of piperazine rings is 2. The molecule has 1 aromatic carbocycles. The summed E-state index contributed by atoms with van der Waals surface area (Å²) >= 11 is 0. The average molecular weight is 426 g/mol. The molecule has 2 amide bonds. The number of aromatic nitrogens is 2. The number of anilines is 3. The summed E-state index contributed by atoms with van der Waals surface area (Å²) in [7, 11) is 3.75. The lowest BCUT2D eigenvalue weighted by Gasteiger charge is -2.36. The van der Waals surface area contributed by atoms with Gasteiger partial charge in [0.1, 0.15) is 11.6 Å². The minimum Gasteiger partial charge on any atom is -0.495 e. The van der Waals surface area contributed by atoms with Gasteiger partial charge in [0.05, 0.1) is 12.8 Å². The van der Waals surface area contributed by atoms with Crippen molar-refractivity contribution in [3.8, 4) is 5.75 Å². The summed E-state index contributed by atoms with van der Waals surface area (Å²) in [5, 5.41) is 2.95. The van der Waals surface area contributed by atoms with Gasteiger partial charge in [-0.1, -0.05) is 12.1 Å². The molecule has 2 aliphatic rings. The number of urea groups is 1. The summed E-state index contributed by atoms with van der Waals surface area (Å²) in [6.45, 7) is 8.67. The van der Waals surface area contributed by atoms with Gasteiger partial charge in [0, 0.05) is 64.1 Å². The fraction of sp³-hybridized carbons (Fsp3) is 0.500. The number of carbonyl (C=O) groups excluding carboxylic acids is 1. The molecule has 9 heteroatoms. The quantitative estimate of drug-likeness (QED) is 0.802. The van der Waals surface area contributed by atoms with Crippen LogP contribution in [0.25, 0.3) is 0 Å². The summed E-state index contributed by atoms with van der Waals surface area (Å²) in [4.78, 5) is 30.9. The number of ether oxygens (including phenoxy) is 1. The lowest BCUT2D eigenvalue weighted by molar-refractivity contribution is 0.208. The number of methoxy groups -OCH3 is 1. The molecule has 9 nitrogen and oxygen atoms in total. The lowest BCUT2D eigenvalue weighted by atomic mass is 10.3. The van der Waals surface area contributed by atoms with Gasteiger partial charge in [-0.3, -0.25) is 0 Å². The average Bonchev–Trinajstić information content (AvgIpc) is 2.79. The maximum atomic E-state index is 12.7. The van der Waals surface area contributed by atoms with Crippen LogP contribution in [0.2, 0.25) is 0 Å². The Morgan fingerprint density at radius 1 is 0.968 bits per heavy atom. The molecular weight excluding hydrogens is 394 g/mol. The van der Waals surface area contributed by atoms with Crippen LogP contribution in [0.5, 0.6) is 5.75 Å². The molecule has 1 aromatic heterocycles. The summed E-state index contributed by atoms with van der Waals surface area (Å²) in [6, 6.07) is 9.38. The van der Waals surface area contributed by atoms with Crippen LogP contribution in [0.15, 0.2) is 30.3 Å². The van der Waals surface area contributed by atoms with E-state index in [1.807, 2.05) is 36.1 Å². The van der Waals surface area contributed by atoms with E-state index < -0.39 is 0 Å². The lowest BCUT2D eigenvalue weighted by Crippen LogP contribution is -2.50. The summed E-state index contributed by atoms with van der Waals surface area (Å²) in [5.74, 6) is 2.39. The van der Waals surface area contributed by atoms with Crippen molar-refractivity contribution >= 4 is 23.5 Å². The standard InChI is InChI=1S/C22H31N7O2/c1-17-16-20(27-10-8-26(2)9-11-27)25-21(23-17)28-12-14-29(15-13-28)22(30)24-18-6-4-5-7-19(18)31-3/h4-7,16H,8-15H2,1-3H3,(H,24,30). The molecule has 2 saturated heterocycles. The van der Waals surface area contributed by atoms with Crippen LogP contribution in [-0.2, 0) is 0 Å². The Kier molecular flexibility index (Phi) is 6.41. The normalized spacial score (nSPS) is 17.6. The van der Waals surface area contributed by atoms with E-state index >= 15 is 0 Å². The fourth-order valence-corrected chi connectivity index (χ4v) is 3.93. The number of rotatable bonds is 4. The minimum absolute atomic E-state index is 0.118. The van der Waals surface area contributed by atoms with Gasteiger partial charge in [-0.05, 0) is 26.1 Å². The van der Waals surface area contributed by atoms with Crippen molar-refractivity contribution in [2.24, 2.45) is 0 Å². The molecule has 4 rings (SSSR count). The van der Waals surface area contributed by atoms with Gasteiger partial charge in [0.25, 0.3) is 0 Å². The van der Waals surface area contributed by atoms with Crippen LogP contribution >= 0.6 is 0 Å². The summed E-state index contributed by atoms with van der Waals surface area (Å²) in [6.07, 6.45) is 0. The predicted molar refractivity (Wildman–Crippen MR) is 122 cm³/mol. The van der Waals surface area contributed by atoms with E-state index in [2.05, 4.69) is 38.1 Å². The number of nitrogens with zero attached hydrogens (tertiary/aromatic N) is 6. The van der Waals surface area contributed by atoms with E-state index in [1.165, 1.54) is 0 Å². The molecule has 0 unspecified atom stereocenters. The van der Waals surface area contributed by atoms with Crippen molar-refractivity contribution in [2.75, 3.05) is 81.6 Å². The Morgan fingerprint density at radius 2 is 1.65 bits per heavy atom. The second kappa shape index (κ2) is 9.38. The summed E-state index contributed by atoms with van der Waals surface area (Å²) in [5.41, 5.74) is 1.64. The monoisotopic (exact) mass is 425 g/mol. The van der Waals surface area contributed by atoms with E-state index in [1.54, 1.807) is 7.11 Å². The zero-order valence-electron chi connectivity index (χ0n) is 18.5. The SMILES string of the molecule is COc1ccccc1NC(=O)N1CCN(c2nc(C)cc(N3CCN(C)CC3)n2)CC1. The first-order valence-electron chi connectivity index (χ1n) is 10.8. The molecule has 0 radical (unpaired) electrons. The van der Waals surface area contributed by atoms with Gasteiger partial charge >= 0.3 is 6.03 Å². The third-order valence-electron chi connectivity index (χ3n) is 5.85. The highest BCUT2D eigenvalue weighted by Gasteiger charge is 2.24. The van der Waals surface area contributed by atoms with E-state index in [9.17, 15) is 4.79 Å². The van der Waals surface area contributed by atoms with Crippen LogP contribution in [-0.4, -0.2) is 92.3 Å². The highest BCUT2D eigenvalue weighted by atomic mass is 16.5. The first-order valence-corrected chi connectivity index (χ1v) is 10.8. The smallest absolute Gasteiger partial charge is 0.322 e. The van der Waals surface area contributed by atoms with Gasteiger partial charge < -0.3 is 29.7 Å². The summed E-state index contributed by atoms with van der Waals surface area (Å²) < 4.78 is 5.32. The number of nitrogens with one attached hydrogen (secondary N) is 1. The first-order chi connectivity index (χ1) is 15.0. The van der Waals surface area contributed by atoms with Crippen molar-refractivity contribution in [3.63, 3.8) is 0 Å². The number of hydrogen-bond donors (Lipinski definition) is 1. The second-order valence-electron chi connectivity index (χ2n) is 8.06. The van der Waals surface area contributed by atoms with Gasteiger partial charge in [-0.25, -0.2) is 9.78 Å². The topological polar surface area (TPSA) is 77.1 Å².